The Balaban J connectivity index is 0.00000506. The molecule has 226 valence electrons. The summed E-state index contributed by atoms with van der Waals surface area (Å²) in [6, 6.07) is 22.4. The third-order valence-corrected chi connectivity index (χ3v) is 7.33. The summed E-state index contributed by atoms with van der Waals surface area (Å²) < 4.78 is 14.6. The van der Waals surface area contributed by atoms with Gasteiger partial charge in [0.05, 0.1) is 23.2 Å². The molecule has 1 aromatic heterocycles. The molecule has 9 nitrogen and oxygen atoms in total. The van der Waals surface area contributed by atoms with Crippen LogP contribution in [0.15, 0.2) is 89.7 Å². The monoisotopic (exact) mass is 872 g/mol. The van der Waals surface area contributed by atoms with E-state index in [0.29, 0.717) is 16.9 Å². The molecule has 4 aromatic rings. The molecule has 3 amide bonds. The van der Waals surface area contributed by atoms with Gasteiger partial charge in [0.15, 0.2) is 12.4 Å². The van der Waals surface area contributed by atoms with Gasteiger partial charge in [-0.15, -0.1) is 0 Å². The third kappa shape index (κ3) is 10.3. The van der Waals surface area contributed by atoms with Crippen molar-refractivity contribution in [3.8, 4) is 0 Å². The summed E-state index contributed by atoms with van der Waals surface area (Å²) in [7, 11) is 0. The van der Waals surface area contributed by atoms with E-state index >= 15 is 0 Å². The summed E-state index contributed by atoms with van der Waals surface area (Å²) in [4.78, 5) is 39.6. The van der Waals surface area contributed by atoms with Gasteiger partial charge in [0.1, 0.15) is 25.3 Å². The number of aromatic nitrogens is 1. The molecular formula is C31H31BrI2N4O5. The largest absolute Gasteiger partial charge is 1.00 e. The molecule has 0 aliphatic rings. The van der Waals surface area contributed by atoms with Crippen LogP contribution in [0.3, 0.4) is 0 Å². The molecule has 0 aliphatic heterocycles. The van der Waals surface area contributed by atoms with Crippen molar-refractivity contribution in [2.45, 2.75) is 19.9 Å². The Morgan fingerprint density at radius 1 is 0.953 bits per heavy atom. The highest BCUT2D eigenvalue weighted by molar-refractivity contribution is 14.1. The first-order chi connectivity index (χ1) is 20.3. The second-order valence-corrected chi connectivity index (χ2v) is 11.4. The SMILES string of the molecule is CCC[n+]1cc(Br)cc(C(=O)NCCOC(=O)N(CCOC(=O)Nc2cccc3ccccc23)c2ccc(I)cc2)c1.[I-]. The molecule has 1 heterocycles. The lowest BCUT2D eigenvalue weighted by Gasteiger charge is -2.22. The average molecular weight is 873 g/mol. The van der Waals surface area contributed by atoms with E-state index in [-0.39, 0.29) is 56.2 Å². The van der Waals surface area contributed by atoms with Gasteiger partial charge in [-0.1, -0.05) is 43.3 Å². The molecule has 0 aliphatic carbocycles. The number of carbonyl (C=O) groups excluding carboxylic acids is 3. The van der Waals surface area contributed by atoms with Gasteiger partial charge in [-0.3, -0.25) is 15.0 Å². The standard InChI is InChI=1S/C31H30BrIN4O5.HI/c1-2-15-36-20-23(19-24(32)21-36)29(38)34-14-17-42-31(40)37(26-12-10-25(33)11-13-26)16-18-41-30(39)35-28-9-5-7-22-6-3-4-8-27(22)28;/h3-13,19-21H,2,14-18H2,1H3,(H-,34,35,38,39);1H. The van der Waals surface area contributed by atoms with E-state index in [0.717, 1.165) is 31.8 Å². The Hall–Kier alpha value is -2.98. The number of amides is 3. The van der Waals surface area contributed by atoms with Gasteiger partial charge in [-0.2, -0.15) is 0 Å². The smallest absolute Gasteiger partial charge is 0.414 e. The summed E-state index contributed by atoms with van der Waals surface area (Å²) in [5, 5.41) is 7.45. The zero-order valence-electron chi connectivity index (χ0n) is 23.4. The molecule has 0 fully saturated rings. The summed E-state index contributed by atoms with van der Waals surface area (Å²) in [6.07, 6.45) is 3.39. The van der Waals surface area contributed by atoms with Gasteiger partial charge in [-0.05, 0) is 80.3 Å². The fourth-order valence-electron chi connectivity index (χ4n) is 4.25. The average Bonchev–Trinajstić information content (AvgIpc) is 2.98. The fourth-order valence-corrected chi connectivity index (χ4v) is 5.12. The second kappa shape index (κ2) is 17.3. The van der Waals surface area contributed by atoms with Gasteiger partial charge in [0, 0.05) is 21.1 Å². The molecule has 0 radical (unpaired) electrons. The van der Waals surface area contributed by atoms with Crippen LogP contribution in [0.5, 0.6) is 0 Å². The van der Waals surface area contributed by atoms with Gasteiger partial charge < -0.3 is 38.8 Å². The number of ether oxygens (including phenoxy) is 2. The minimum Gasteiger partial charge on any atom is -1.00 e. The maximum atomic E-state index is 13.0. The Bertz CT molecular complexity index is 1550. The molecule has 0 saturated heterocycles. The van der Waals surface area contributed by atoms with Crippen molar-refractivity contribution >= 4 is 78.8 Å². The van der Waals surface area contributed by atoms with Gasteiger partial charge >= 0.3 is 12.2 Å². The lowest BCUT2D eigenvalue weighted by Crippen LogP contribution is -3.00. The lowest BCUT2D eigenvalue weighted by molar-refractivity contribution is -0.697. The van der Waals surface area contributed by atoms with Crippen LogP contribution in [0.2, 0.25) is 0 Å². The summed E-state index contributed by atoms with van der Waals surface area (Å²) in [6.45, 7) is 2.97. The van der Waals surface area contributed by atoms with Gasteiger partial charge in [-0.25, -0.2) is 14.2 Å². The lowest BCUT2D eigenvalue weighted by atomic mass is 10.1. The molecule has 0 bridgehead atoms. The highest BCUT2D eigenvalue weighted by atomic mass is 127. The van der Waals surface area contributed by atoms with Crippen LogP contribution in [0.25, 0.3) is 10.8 Å². The Kier molecular flexibility index (Phi) is 13.9. The van der Waals surface area contributed by atoms with Crippen molar-refractivity contribution < 1.29 is 52.4 Å². The Morgan fingerprint density at radius 3 is 2.47 bits per heavy atom. The maximum absolute atomic E-state index is 13.0. The van der Waals surface area contributed by atoms with E-state index in [1.165, 1.54) is 4.90 Å². The van der Waals surface area contributed by atoms with E-state index in [1.807, 2.05) is 59.3 Å². The minimum atomic E-state index is -0.627. The number of hydrogen-bond donors (Lipinski definition) is 2. The van der Waals surface area contributed by atoms with Crippen LogP contribution < -0.4 is 44.1 Å². The Labute approximate surface area is 289 Å². The molecule has 3 aromatic carbocycles. The van der Waals surface area contributed by atoms with E-state index in [1.54, 1.807) is 30.5 Å². The zero-order valence-corrected chi connectivity index (χ0v) is 29.3. The molecule has 0 unspecified atom stereocenters. The third-order valence-electron chi connectivity index (χ3n) is 6.18. The summed E-state index contributed by atoms with van der Waals surface area (Å²) >= 11 is 5.62. The van der Waals surface area contributed by atoms with Crippen LogP contribution in [0.4, 0.5) is 21.0 Å². The molecular weight excluding hydrogens is 842 g/mol. The first-order valence-corrected chi connectivity index (χ1v) is 15.3. The number of fused-ring (bicyclic) bond motifs is 1. The number of nitrogens with one attached hydrogen (secondary N) is 2. The number of hydrogen-bond acceptors (Lipinski definition) is 5. The van der Waals surface area contributed by atoms with Crippen LogP contribution in [0.1, 0.15) is 23.7 Å². The van der Waals surface area contributed by atoms with Crippen molar-refractivity contribution in [3.63, 3.8) is 0 Å². The van der Waals surface area contributed by atoms with E-state index in [9.17, 15) is 14.4 Å². The molecule has 0 atom stereocenters. The van der Waals surface area contributed by atoms with Crippen LogP contribution in [-0.4, -0.2) is 44.4 Å². The number of rotatable bonds is 11. The number of aryl methyl sites for hydroxylation is 1. The minimum absolute atomic E-state index is 0. The first-order valence-electron chi connectivity index (χ1n) is 13.4. The van der Waals surface area contributed by atoms with Gasteiger partial charge in [0.2, 0.25) is 0 Å². The van der Waals surface area contributed by atoms with Crippen molar-refractivity contribution in [3.05, 3.63) is 98.8 Å². The molecule has 43 heavy (non-hydrogen) atoms. The fraction of sp³-hybridized carbons (Fsp3) is 0.226. The van der Waals surface area contributed by atoms with Crippen molar-refractivity contribution in [2.24, 2.45) is 0 Å². The first kappa shape index (κ1) is 34.5. The molecule has 12 heteroatoms. The quantitative estimate of drug-likeness (QED) is 0.137. The van der Waals surface area contributed by atoms with E-state index < -0.39 is 12.2 Å². The number of halogens is 3. The normalized spacial score (nSPS) is 10.4. The van der Waals surface area contributed by atoms with Crippen LogP contribution in [-0.2, 0) is 16.0 Å². The molecule has 2 N–H and O–H groups in total. The number of nitrogens with zero attached hydrogens (tertiary/aromatic N) is 2. The number of pyridine rings is 1. The number of anilines is 2. The van der Waals surface area contributed by atoms with Gasteiger partial charge in [0.25, 0.3) is 5.91 Å². The topological polar surface area (TPSA) is 101 Å². The zero-order chi connectivity index (χ0) is 29.9. The summed E-state index contributed by atoms with van der Waals surface area (Å²) in [5.74, 6) is -0.266. The van der Waals surface area contributed by atoms with Crippen molar-refractivity contribution in [2.75, 3.05) is 36.5 Å². The van der Waals surface area contributed by atoms with Crippen molar-refractivity contribution in [1.29, 1.82) is 0 Å². The predicted molar refractivity (Wildman–Crippen MR) is 174 cm³/mol. The van der Waals surface area contributed by atoms with Crippen LogP contribution >= 0.6 is 38.5 Å². The number of benzene rings is 3. The Morgan fingerprint density at radius 2 is 1.70 bits per heavy atom. The molecule has 0 saturated carbocycles. The highest BCUT2D eigenvalue weighted by Gasteiger charge is 2.19. The molecule has 4 rings (SSSR count). The molecule has 0 spiro atoms. The number of carbonyl (C=O) groups is 3. The highest BCUT2D eigenvalue weighted by Crippen LogP contribution is 2.23. The van der Waals surface area contributed by atoms with Crippen molar-refractivity contribution in [1.82, 2.24) is 5.32 Å². The maximum Gasteiger partial charge on any atom is 0.414 e. The van der Waals surface area contributed by atoms with E-state index in [2.05, 4.69) is 56.1 Å². The van der Waals surface area contributed by atoms with E-state index in [4.69, 9.17) is 9.47 Å². The second-order valence-electron chi connectivity index (χ2n) is 9.27. The summed E-state index contributed by atoms with van der Waals surface area (Å²) in [5.41, 5.74) is 1.73. The van der Waals surface area contributed by atoms with Crippen LogP contribution in [0, 0.1) is 3.57 Å². The predicted octanol–water partition coefficient (Wildman–Crippen LogP) is 3.53.